The maximum Gasteiger partial charge on any atom is 0.334 e. The predicted octanol–water partition coefficient (Wildman–Crippen LogP) is 1.41. The Balaban J connectivity index is 2.14. The van der Waals surface area contributed by atoms with Gasteiger partial charge in [0.15, 0.2) is 6.10 Å². The number of aliphatic carboxylic acids is 1. The molecule has 1 aliphatic heterocycles. The molecule has 1 amide bonds. The lowest BCUT2D eigenvalue weighted by Gasteiger charge is -2.30. The van der Waals surface area contributed by atoms with Crippen LogP contribution in [0.25, 0.3) is 5.57 Å². The van der Waals surface area contributed by atoms with E-state index in [1.54, 1.807) is 7.11 Å². The zero-order chi connectivity index (χ0) is 16.1. The van der Waals surface area contributed by atoms with Crippen molar-refractivity contribution in [3.63, 3.8) is 0 Å². The average Bonchev–Trinajstić information content (AvgIpc) is 2.54. The third-order valence-corrected chi connectivity index (χ3v) is 3.53. The standard InChI is InChI=1S/C16H19NO5/c1-11(12-5-3-4-6-13(12)21-2)9-15(18)17-7-8-22-14(10-17)16(19)20/h3-6,9,14H,7-8,10H2,1-2H3,(H,19,20)/b11-9+. The van der Waals surface area contributed by atoms with Crippen LogP contribution in [0.15, 0.2) is 30.3 Å². The second-order valence-corrected chi connectivity index (χ2v) is 5.01. The molecule has 1 atom stereocenters. The Morgan fingerprint density at radius 1 is 1.41 bits per heavy atom. The Kier molecular flexibility index (Phi) is 5.16. The number of ether oxygens (including phenoxy) is 2. The number of benzene rings is 1. The van der Waals surface area contributed by atoms with Crippen LogP contribution >= 0.6 is 0 Å². The summed E-state index contributed by atoms with van der Waals surface area (Å²) in [6.07, 6.45) is 0.542. The lowest BCUT2D eigenvalue weighted by Crippen LogP contribution is -2.48. The van der Waals surface area contributed by atoms with E-state index in [1.165, 1.54) is 11.0 Å². The third-order valence-electron chi connectivity index (χ3n) is 3.53. The van der Waals surface area contributed by atoms with Crippen molar-refractivity contribution in [2.24, 2.45) is 0 Å². The van der Waals surface area contributed by atoms with Crippen molar-refractivity contribution >= 4 is 17.4 Å². The maximum atomic E-state index is 12.3. The van der Waals surface area contributed by atoms with Crippen molar-refractivity contribution in [1.82, 2.24) is 4.90 Å². The first-order chi connectivity index (χ1) is 10.5. The van der Waals surface area contributed by atoms with E-state index in [9.17, 15) is 9.59 Å². The van der Waals surface area contributed by atoms with Crippen LogP contribution in [0.4, 0.5) is 0 Å². The fraction of sp³-hybridized carbons (Fsp3) is 0.375. The SMILES string of the molecule is COc1ccccc1/C(C)=C/C(=O)N1CCOC(C(=O)O)C1. The molecule has 0 aromatic heterocycles. The second kappa shape index (κ2) is 7.09. The molecule has 1 saturated heterocycles. The van der Waals surface area contributed by atoms with Crippen LogP contribution in [0.3, 0.4) is 0 Å². The molecule has 22 heavy (non-hydrogen) atoms. The highest BCUT2D eigenvalue weighted by molar-refractivity contribution is 5.95. The number of morpholine rings is 1. The van der Waals surface area contributed by atoms with Gasteiger partial charge in [0.1, 0.15) is 5.75 Å². The zero-order valence-corrected chi connectivity index (χ0v) is 12.6. The van der Waals surface area contributed by atoms with Gasteiger partial charge in [-0.15, -0.1) is 0 Å². The first-order valence-electron chi connectivity index (χ1n) is 6.98. The molecule has 1 fully saturated rings. The number of carboxylic acid groups (broad SMARTS) is 1. The van der Waals surface area contributed by atoms with E-state index < -0.39 is 12.1 Å². The molecule has 1 aromatic carbocycles. The summed E-state index contributed by atoms with van der Waals surface area (Å²) in [5, 5.41) is 8.97. The number of methoxy groups -OCH3 is 1. The number of hydrogen-bond acceptors (Lipinski definition) is 4. The van der Waals surface area contributed by atoms with Crippen LogP contribution in [0.1, 0.15) is 12.5 Å². The van der Waals surface area contributed by atoms with Gasteiger partial charge in [0, 0.05) is 18.2 Å². The molecule has 1 unspecified atom stereocenters. The number of rotatable bonds is 4. The first kappa shape index (κ1) is 16.0. The second-order valence-electron chi connectivity index (χ2n) is 5.01. The summed E-state index contributed by atoms with van der Waals surface area (Å²) < 4.78 is 10.4. The number of allylic oxidation sites excluding steroid dienone is 1. The molecular formula is C16H19NO5. The summed E-state index contributed by atoms with van der Waals surface area (Å²) in [6.45, 7) is 2.50. The van der Waals surface area contributed by atoms with Gasteiger partial charge >= 0.3 is 5.97 Å². The number of carboxylic acids is 1. The van der Waals surface area contributed by atoms with E-state index in [0.717, 1.165) is 11.1 Å². The summed E-state index contributed by atoms with van der Waals surface area (Å²) >= 11 is 0. The maximum absolute atomic E-state index is 12.3. The molecule has 1 N–H and O–H groups in total. The average molecular weight is 305 g/mol. The minimum Gasteiger partial charge on any atom is -0.496 e. The Morgan fingerprint density at radius 2 is 2.14 bits per heavy atom. The summed E-state index contributed by atoms with van der Waals surface area (Å²) in [4.78, 5) is 24.8. The largest absolute Gasteiger partial charge is 0.496 e. The molecule has 0 radical (unpaired) electrons. The third kappa shape index (κ3) is 3.65. The fourth-order valence-corrected chi connectivity index (χ4v) is 2.32. The Morgan fingerprint density at radius 3 is 2.82 bits per heavy atom. The van der Waals surface area contributed by atoms with Crippen LogP contribution in [-0.2, 0) is 14.3 Å². The van der Waals surface area contributed by atoms with E-state index in [2.05, 4.69) is 0 Å². The molecule has 1 aromatic rings. The van der Waals surface area contributed by atoms with Crippen molar-refractivity contribution in [2.75, 3.05) is 26.8 Å². The van der Waals surface area contributed by atoms with Gasteiger partial charge in [-0.25, -0.2) is 4.79 Å². The van der Waals surface area contributed by atoms with E-state index in [1.807, 2.05) is 31.2 Å². The highest BCUT2D eigenvalue weighted by Crippen LogP contribution is 2.25. The molecule has 118 valence electrons. The smallest absolute Gasteiger partial charge is 0.334 e. The van der Waals surface area contributed by atoms with Crippen molar-refractivity contribution in [3.8, 4) is 5.75 Å². The minimum atomic E-state index is -1.05. The number of carbonyl (C=O) groups is 2. The van der Waals surface area contributed by atoms with Gasteiger partial charge < -0.3 is 19.5 Å². The number of para-hydroxylation sites is 1. The van der Waals surface area contributed by atoms with Crippen molar-refractivity contribution < 1.29 is 24.2 Å². The molecule has 0 saturated carbocycles. The van der Waals surface area contributed by atoms with Crippen molar-refractivity contribution in [2.45, 2.75) is 13.0 Å². The highest BCUT2D eigenvalue weighted by Gasteiger charge is 2.28. The van der Waals surface area contributed by atoms with Crippen LogP contribution in [0.2, 0.25) is 0 Å². The number of amides is 1. The van der Waals surface area contributed by atoms with Crippen molar-refractivity contribution in [1.29, 1.82) is 0 Å². The molecule has 6 heteroatoms. The predicted molar refractivity (Wildman–Crippen MR) is 80.6 cm³/mol. The quantitative estimate of drug-likeness (QED) is 0.851. The van der Waals surface area contributed by atoms with Gasteiger partial charge in [0.2, 0.25) is 5.91 Å². The van der Waals surface area contributed by atoms with Gasteiger partial charge in [-0.2, -0.15) is 0 Å². The van der Waals surface area contributed by atoms with E-state index in [4.69, 9.17) is 14.6 Å². The van der Waals surface area contributed by atoms with Gasteiger partial charge in [-0.3, -0.25) is 4.79 Å². The molecular weight excluding hydrogens is 286 g/mol. The fourth-order valence-electron chi connectivity index (χ4n) is 2.32. The summed E-state index contributed by atoms with van der Waals surface area (Å²) in [6, 6.07) is 7.43. The van der Waals surface area contributed by atoms with E-state index in [-0.39, 0.29) is 19.1 Å². The first-order valence-corrected chi connectivity index (χ1v) is 6.98. The van der Waals surface area contributed by atoms with Crippen LogP contribution in [-0.4, -0.2) is 54.8 Å². The van der Waals surface area contributed by atoms with Crippen molar-refractivity contribution in [3.05, 3.63) is 35.9 Å². The van der Waals surface area contributed by atoms with Gasteiger partial charge in [-0.1, -0.05) is 18.2 Å². The molecule has 1 heterocycles. The van der Waals surface area contributed by atoms with Crippen LogP contribution in [0, 0.1) is 0 Å². The number of nitrogens with zero attached hydrogens (tertiary/aromatic N) is 1. The molecule has 0 aliphatic carbocycles. The Labute approximate surface area is 128 Å². The topological polar surface area (TPSA) is 76.1 Å². The number of carbonyl (C=O) groups excluding carboxylic acids is 1. The van der Waals surface area contributed by atoms with Crippen LogP contribution < -0.4 is 4.74 Å². The highest BCUT2D eigenvalue weighted by atomic mass is 16.5. The lowest BCUT2D eigenvalue weighted by molar-refractivity contribution is -0.158. The summed E-state index contributed by atoms with van der Waals surface area (Å²) in [7, 11) is 1.58. The van der Waals surface area contributed by atoms with Crippen LogP contribution in [0.5, 0.6) is 5.75 Å². The number of hydrogen-bond donors (Lipinski definition) is 1. The monoisotopic (exact) mass is 305 g/mol. The normalized spacial score (nSPS) is 18.9. The molecule has 0 spiro atoms. The Hall–Kier alpha value is -2.34. The molecule has 6 nitrogen and oxygen atoms in total. The van der Waals surface area contributed by atoms with Gasteiger partial charge in [0.05, 0.1) is 20.3 Å². The minimum absolute atomic E-state index is 0.0594. The van der Waals surface area contributed by atoms with Gasteiger partial charge in [0.25, 0.3) is 0 Å². The Bertz CT molecular complexity index is 596. The zero-order valence-electron chi connectivity index (χ0n) is 12.6. The van der Waals surface area contributed by atoms with Gasteiger partial charge in [-0.05, 0) is 18.6 Å². The lowest BCUT2D eigenvalue weighted by atomic mass is 10.1. The molecule has 1 aliphatic rings. The van der Waals surface area contributed by atoms with E-state index >= 15 is 0 Å². The molecule has 0 bridgehead atoms. The summed E-state index contributed by atoms with van der Waals surface area (Å²) in [5.74, 6) is -0.588. The van der Waals surface area contributed by atoms with E-state index in [0.29, 0.717) is 12.3 Å². The summed E-state index contributed by atoms with van der Waals surface area (Å²) in [5.41, 5.74) is 1.60. The molecule has 2 rings (SSSR count).